The van der Waals surface area contributed by atoms with Crippen molar-refractivity contribution in [1.82, 2.24) is 15.5 Å². The predicted molar refractivity (Wildman–Crippen MR) is 68.1 cm³/mol. The smallest absolute Gasteiger partial charge is 0.237 e. The van der Waals surface area contributed by atoms with E-state index in [2.05, 4.69) is 10.6 Å². The van der Waals surface area contributed by atoms with E-state index in [0.717, 1.165) is 6.54 Å². The highest BCUT2D eigenvalue weighted by Gasteiger charge is 2.28. The van der Waals surface area contributed by atoms with E-state index in [-0.39, 0.29) is 30.4 Å². The van der Waals surface area contributed by atoms with Crippen LogP contribution in [0.2, 0.25) is 0 Å². The summed E-state index contributed by atoms with van der Waals surface area (Å²) in [5.41, 5.74) is 0. The zero-order valence-electron chi connectivity index (χ0n) is 11.4. The average molecular weight is 257 g/mol. The summed E-state index contributed by atoms with van der Waals surface area (Å²) in [5, 5.41) is 5.52. The van der Waals surface area contributed by atoms with E-state index in [1.807, 2.05) is 25.8 Å². The van der Waals surface area contributed by atoms with Gasteiger partial charge in [-0.25, -0.2) is 0 Å². The van der Waals surface area contributed by atoms with E-state index < -0.39 is 0 Å². The van der Waals surface area contributed by atoms with Gasteiger partial charge in [0.25, 0.3) is 0 Å². The molecule has 1 atom stereocenters. The number of carbonyl (C=O) groups is 2. The van der Waals surface area contributed by atoms with Crippen LogP contribution in [0.3, 0.4) is 0 Å². The summed E-state index contributed by atoms with van der Waals surface area (Å²) >= 11 is 0. The maximum Gasteiger partial charge on any atom is 0.237 e. The lowest BCUT2D eigenvalue weighted by molar-refractivity contribution is -0.133. The lowest BCUT2D eigenvalue weighted by Crippen LogP contribution is -2.55. The lowest BCUT2D eigenvalue weighted by atomic mass is 10.1. The lowest BCUT2D eigenvalue weighted by Gasteiger charge is -2.31. The molecule has 0 spiro atoms. The van der Waals surface area contributed by atoms with Gasteiger partial charge in [-0.05, 0) is 20.9 Å². The van der Waals surface area contributed by atoms with Crippen LogP contribution < -0.4 is 10.6 Å². The molecule has 0 bridgehead atoms. The molecule has 1 rings (SSSR count). The number of likely N-dealkylation sites (N-methyl/N-ethyl adjacent to an activating group) is 1. The molecule has 0 radical (unpaired) electrons. The van der Waals surface area contributed by atoms with Crippen LogP contribution in [0.5, 0.6) is 0 Å². The molecule has 0 aromatic heterocycles. The van der Waals surface area contributed by atoms with Crippen molar-refractivity contribution >= 4 is 11.8 Å². The molecule has 6 heteroatoms. The van der Waals surface area contributed by atoms with E-state index in [1.54, 1.807) is 0 Å². The molecule has 104 valence electrons. The Bertz CT molecular complexity index is 294. The van der Waals surface area contributed by atoms with Gasteiger partial charge in [0.15, 0.2) is 0 Å². The van der Waals surface area contributed by atoms with E-state index >= 15 is 0 Å². The average Bonchev–Trinajstić information content (AvgIpc) is 2.29. The molecular weight excluding hydrogens is 234 g/mol. The summed E-state index contributed by atoms with van der Waals surface area (Å²) in [5.74, 6) is -0.186. The van der Waals surface area contributed by atoms with Crippen molar-refractivity contribution < 1.29 is 14.3 Å². The van der Waals surface area contributed by atoms with E-state index in [9.17, 15) is 9.59 Å². The van der Waals surface area contributed by atoms with Gasteiger partial charge in [0.05, 0.1) is 25.2 Å². The molecule has 1 fully saturated rings. The van der Waals surface area contributed by atoms with E-state index in [4.69, 9.17) is 4.74 Å². The van der Waals surface area contributed by atoms with Gasteiger partial charge in [0.1, 0.15) is 0 Å². The minimum Gasteiger partial charge on any atom is -0.377 e. The number of nitrogens with zero attached hydrogens (tertiary/aromatic N) is 1. The molecule has 0 saturated carbocycles. The Hall–Kier alpha value is -1.14. The van der Waals surface area contributed by atoms with Crippen molar-refractivity contribution in [3.63, 3.8) is 0 Å². The third kappa shape index (κ3) is 5.01. The molecule has 1 aliphatic rings. The third-order valence-electron chi connectivity index (χ3n) is 2.85. The predicted octanol–water partition coefficient (Wildman–Crippen LogP) is -0.652. The summed E-state index contributed by atoms with van der Waals surface area (Å²) in [6, 6.07) is -0.357. The number of hydrogen-bond acceptors (Lipinski definition) is 4. The van der Waals surface area contributed by atoms with Gasteiger partial charge >= 0.3 is 0 Å². The summed E-state index contributed by atoms with van der Waals surface area (Å²) in [6.45, 7) is 6.30. The number of piperazine rings is 1. The van der Waals surface area contributed by atoms with Crippen LogP contribution in [0.15, 0.2) is 0 Å². The number of hydrogen-bond donors (Lipinski definition) is 2. The van der Waals surface area contributed by atoms with Crippen molar-refractivity contribution in [2.45, 2.75) is 32.4 Å². The fourth-order valence-electron chi connectivity index (χ4n) is 1.81. The van der Waals surface area contributed by atoms with Crippen LogP contribution >= 0.6 is 0 Å². The van der Waals surface area contributed by atoms with E-state index in [0.29, 0.717) is 19.7 Å². The normalized spacial score (nSPS) is 20.9. The van der Waals surface area contributed by atoms with Gasteiger partial charge in [-0.1, -0.05) is 0 Å². The van der Waals surface area contributed by atoms with Crippen LogP contribution in [0.1, 0.15) is 20.3 Å². The molecule has 2 amide bonds. The first-order valence-electron chi connectivity index (χ1n) is 6.37. The van der Waals surface area contributed by atoms with Crippen molar-refractivity contribution in [3.05, 3.63) is 0 Å². The topological polar surface area (TPSA) is 70.7 Å². The molecular formula is C12H23N3O3. The SMILES string of the molecule is CC(C)OCCNC(=O)CC1C(=O)NCCN1C. The quantitative estimate of drug-likeness (QED) is 0.620. The second kappa shape index (κ2) is 7.33. The van der Waals surface area contributed by atoms with Crippen LogP contribution in [0.25, 0.3) is 0 Å². The van der Waals surface area contributed by atoms with Gasteiger partial charge < -0.3 is 15.4 Å². The fraction of sp³-hybridized carbons (Fsp3) is 0.833. The van der Waals surface area contributed by atoms with Crippen LogP contribution in [-0.4, -0.2) is 62.1 Å². The summed E-state index contributed by atoms with van der Waals surface area (Å²) in [4.78, 5) is 25.2. The molecule has 1 aliphatic heterocycles. The van der Waals surface area contributed by atoms with Gasteiger partial charge in [-0.15, -0.1) is 0 Å². The number of carbonyl (C=O) groups excluding carboxylic acids is 2. The number of rotatable bonds is 6. The van der Waals surface area contributed by atoms with Gasteiger partial charge in [0.2, 0.25) is 11.8 Å². The van der Waals surface area contributed by atoms with Crippen LogP contribution in [0.4, 0.5) is 0 Å². The molecule has 6 nitrogen and oxygen atoms in total. The Kier molecular flexibility index (Phi) is 6.07. The Labute approximate surface area is 108 Å². The van der Waals surface area contributed by atoms with Gasteiger partial charge in [0, 0.05) is 19.6 Å². The number of nitrogens with one attached hydrogen (secondary N) is 2. The molecule has 1 heterocycles. The Balaban J connectivity index is 2.24. The second-order valence-corrected chi connectivity index (χ2v) is 4.76. The first kappa shape index (κ1) is 14.9. The highest BCUT2D eigenvalue weighted by Crippen LogP contribution is 2.05. The third-order valence-corrected chi connectivity index (χ3v) is 2.85. The van der Waals surface area contributed by atoms with Gasteiger partial charge in [-0.2, -0.15) is 0 Å². The minimum atomic E-state index is -0.357. The van der Waals surface area contributed by atoms with E-state index in [1.165, 1.54) is 0 Å². The molecule has 2 N–H and O–H groups in total. The molecule has 18 heavy (non-hydrogen) atoms. The maximum absolute atomic E-state index is 11.7. The molecule has 1 unspecified atom stereocenters. The largest absolute Gasteiger partial charge is 0.377 e. The fourth-order valence-corrected chi connectivity index (χ4v) is 1.81. The summed E-state index contributed by atoms with van der Waals surface area (Å²) < 4.78 is 5.32. The van der Waals surface area contributed by atoms with Crippen molar-refractivity contribution in [1.29, 1.82) is 0 Å². The monoisotopic (exact) mass is 257 g/mol. The molecule has 1 saturated heterocycles. The Morgan fingerprint density at radius 1 is 1.61 bits per heavy atom. The first-order valence-corrected chi connectivity index (χ1v) is 6.37. The summed E-state index contributed by atoms with van der Waals surface area (Å²) in [6.07, 6.45) is 0.362. The van der Waals surface area contributed by atoms with Crippen molar-refractivity contribution in [2.75, 3.05) is 33.3 Å². The zero-order valence-corrected chi connectivity index (χ0v) is 11.4. The molecule has 0 aromatic rings. The van der Waals surface area contributed by atoms with Crippen molar-refractivity contribution in [3.8, 4) is 0 Å². The Morgan fingerprint density at radius 3 is 2.94 bits per heavy atom. The number of amides is 2. The second-order valence-electron chi connectivity index (χ2n) is 4.76. The zero-order chi connectivity index (χ0) is 13.5. The Morgan fingerprint density at radius 2 is 2.33 bits per heavy atom. The maximum atomic E-state index is 11.7. The highest BCUT2D eigenvalue weighted by molar-refractivity contribution is 5.88. The highest BCUT2D eigenvalue weighted by atomic mass is 16.5. The first-order chi connectivity index (χ1) is 8.50. The van der Waals surface area contributed by atoms with Crippen molar-refractivity contribution in [2.24, 2.45) is 0 Å². The number of ether oxygens (including phenoxy) is 1. The van der Waals surface area contributed by atoms with Crippen LogP contribution in [0, 0.1) is 0 Å². The molecule has 0 aromatic carbocycles. The standard InChI is InChI=1S/C12H23N3O3/c1-9(2)18-7-5-13-11(16)8-10-12(17)14-4-6-15(10)3/h9-10H,4-8H2,1-3H3,(H,13,16)(H,14,17). The minimum absolute atomic E-state index is 0.0719. The van der Waals surface area contributed by atoms with Crippen LogP contribution in [-0.2, 0) is 14.3 Å². The summed E-state index contributed by atoms with van der Waals surface area (Å²) in [7, 11) is 1.86. The van der Waals surface area contributed by atoms with Gasteiger partial charge in [-0.3, -0.25) is 14.5 Å². The molecule has 0 aliphatic carbocycles.